The van der Waals surface area contributed by atoms with Crippen LogP contribution in [0.15, 0.2) is 18.2 Å². The van der Waals surface area contributed by atoms with E-state index >= 15 is 0 Å². The number of benzene rings is 1. The first-order valence-corrected chi connectivity index (χ1v) is 7.35. The molecule has 0 bridgehead atoms. The van der Waals surface area contributed by atoms with Gasteiger partial charge in [-0.3, -0.25) is 0 Å². The minimum absolute atomic E-state index is 0.119. The summed E-state index contributed by atoms with van der Waals surface area (Å²) in [6.07, 6.45) is -9.86. The van der Waals surface area contributed by atoms with Gasteiger partial charge in [0.15, 0.2) is 23.9 Å². The van der Waals surface area contributed by atoms with E-state index < -0.39 is 49.4 Å². The lowest BCUT2D eigenvalue weighted by atomic mass is 9.99. The molecule has 140 valence electrons. The number of phenolic OH excluding ortho intramolecular Hbond substituents is 1. The van der Waals surface area contributed by atoms with Gasteiger partial charge in [-0.05, 0) is 17.7 Å². The second-order valence-electron chi connectivity index (χ2n) is 5.52. The highest BCUT2D eigenvalue weighted by atomic mass is 16.7. The lowest BCUT2D eigenvalue weighted by Crippen LogP contribution is -2.60. The molecule has 0 spiro atoms. The smallest absolute Gasteiger partial charge is 0.335 e. The second kappa shape index (κ2) is 7.95. The number of aliphatic hydroxyl groups excluding tert-OH is 4. The molecular formula is C15H20O10. The third kappa shape index (κ3) is 4.18. The lowest BCUT2D eigenvalue weighted by Gasteiger charge is -2.38. The van der Waals surface area contributed by atoms with E-state index in [4.69, 9.17) is 19.3 Å². The fourth-order valence-corrected chi connectivity index (χ4v) is 2.37. The van der Waals surface area contributed by atoms with Crippen molar-refractivity contribution in [3.63, 3.8) is 0 Å². The molecule has 1 heterocycles. The van der Waals surface area contributed by atoms with E-state index in [0.29, 0.717) is 5.56 Å². The fourth-order valence-electron chi connectivity index (χ4n) is 2.37. The van der Waals surface area contributed by atoms with Crippen LogP contribution in [0, 0.1) is 0 Å². The number of aromatic hydroxyl groups is 1. The number of carboxylic acids is 1. The van der Waals surface area contributed by atoms with Crippen molar-refractivity contribution in [2.75, 3.05) is 13.7 Å². The van der Waals surface area contributed by atoms with Gasteiger partial charge in [-0.2, -0.15) is 0 Å². The van der Waals surface area contributed by atoms with Crippen LogP contribution in [0.5, 0.6) is 11.5 Å². The first-order valence-electron chi connectivity index (χ1n) is 7.35. The van der Waals surface area contributed by atoms with Crippen molar-refractivity contribution in [2.24, 2.45) is 0 Å². The minimum atomic E-state index is -1.82. The molecule has 25 heavy (non-hydrogen) atoms. The van der Waals surface area contributed by atoms with Gasteiger partial charge in [0.2, 0.25) is 0 Å². The Hall–Kier alpha value is -1.95. The van der Waals surface area contributed by atoms with Crippen LogP contribution in [0.25, 0.3) is 0 Å². The van der Waals surface area contributed by atoms with E-state index in [1.165, 1.54) is 25.3 Å². The Morgan fingerprint density at radius 1 is 1.24 bits per heavy atom. The van der Waals surface area contributed by atoms with Crippen LogP contribution in [0.2, 0.25) is 0 Å². The highest BCUT2D eigenvalue weighted by molar-refractivity contribution is 5.73. The summed E-state index contributed by atoms with van der Waals surface area (Å²) in [5.41, 5.74) is 0.329. The molecule has 0 radical (unpaired) electrons. The number of aliphatic carboxylic acids is 1. The summed E-state index contributed by atoms with van der Waals surface area (Å²) in [5.74, 6) is -1.52. The number of hydrogen-bond donors (Lipinski definition) is 6. The molecule has 1 aliphatic heterocycles. The maximum Gasteiger partial charge on any atom is 0.335 e. The predicted octanol–water partition coefficient (Wildman–Crippen LogP) is -1.66. The number of ether oxygens (including phenoxy) is 3. The molecule has 10 nitrogen and oxygen atoms in total. The molecular weight excluding hydrogens is 340 g/mol. The lowest BCUT2D eigenvalue weighted by molar-refractivity contribution is -0.297. The second-order valence-corrected chi connectivity index (χ2v) is 5.52. The van der Waals surface area contributed by atoms with Gasteiger partial charge in [0.1, 0.15) is 24.4 Å². The van der Waals surface area contributed by atoms with Crippen molar-refractivity contribution in [1.82, 2.24) is 0 Å². The zero-order chi connectivity index (χ0) is 18.7. The Labute approximate surface area is 142 Å². The van der Waals surface area contributed by atoms with E-state index in [2.05, 4.69) is 0 Å². The minimum Gasteiger partial charge on any atom is -0.504 e. The molecule has 0 amide bonds. The molecule has 1 aromatic rings. The molecule has 10 heteroatoms. The van der Waals surface area contributed by atoms with Crippen molar-refractivity contribution in [3.8, 4) is 11.5 Å². The molecule has 6 N–H and O–H groups in total. The summed E-state index contributed by atoms with van der Waals surface area (Å²) >= 11 is 0. The SMILES string of the molecule is COc1cc(C(O)COC2OC(C(=O)O)C(O)C(O)C2O)ccc1O. The number of aliphatic hydroxyl groups is 4. The quantitative estimate of drug-likeness (QED) is 0.346. The van der Waals surface area contributed by atoms with Gasteiger partial charge in [-0.1, -0.05) is 6.07 Å². The van der Waals surface area contributed by atoms with Gasteiger partial charge < -0.3 is 44.8 Å². The maximum absolute atomic E-state index is 11.0. The van der Waals surface area contributed by atoms with Crippen molar-refractivity contribution >= 4 is 5.97 Å². The zero-order valence-corrected chi connectivity index (χ0v) is 13.2. The number of rotatable bonds is 6. The number of phenols is 1. The summed E-state index contributed by atoms with van der Waals surface area (Å²) in [7, 11) is 1.34. The molecule has 6 unspecified atom stereocenters. The Kier molecular flexibility index (Phi) is 6.16. The summed E-state index contributed by atoms with van der Waals surface area (Å²) in [5, 5.41) is 57.7. The molecule has 0 saturated carbocycles. The highest BCUT2D eigenvalue weighted by Gasteiger charge is 2.47. The van der Waals surface area contributed by atoms with E-state index in [1.54, 1.807) is 0 Å². The number of hydrogen-bond acceptors (Lipinski definition) is 9. The van der Waals surface area contributed by atoms with Crippen molar-refractivity contribution in [2.45, 2.75) is 36.8 Å². The van der Waals surface area contributed by atoms with Crippen molar-refractivity contribution in [3.05, 3.63) is 23.8 Å². The third-order valence-corrected chi connectivity index (χ3v) is 3.82. The third-order valence-electron chi connectivity index (χ3n) is 3.82. The van der Waals surface area contributed by atoms with Crippen LogP contribution >= 0.6 is 0 Å². The van der Waals surface area contributed by atoms with Crippen LogP contribution in [-0.4, -0.2) is 81.0 Å². The normalized spacial score (nSPS) is 30.7. The molecule has 1 aliphatic rings. The first kappa shape index (κ1) is 19.4. The van der Waals surface area contributed by atoms with Crippen LogP contribution in [0.4, 0.5) is 0 Å². The Morgan fingerprint density at radius 3 is 2.52 bits per heavy atom. The van der Waals surface area contributed by atoms with E-state index in [1.807, 2.05) is 0 Å². The van der Waals surface area contributed by atoms with E-state index in [9.17, 15) is 30.3 Å². The van der Waals surface area contributed by atoms with Crippen LogP contribution < -0.4 is 4.74 Å². The van der Waals surface area contributed by atoms with Gasteiger partial charge in [-0.15, -0.1) is 0 Å². The average molecular weight is 360 g/mol. The van der Waals surface area contributed by atoms with E-state index in [0.717, 1.165) is 0 Å². The standard InChI is InChI=1S/C15H20O10/c1-23-9-4-6(2-3-7(9)16)8(17)5-24-15-12(20)10(18)11(19)13(25-15)14(21)22/h2-4,8,10-13,15-20H,5H2,1H3,(H,21,22). The monoisotopic (exact) mass is 360 g/mol. The molecule has 2 rings (SSSR count). The van der Waals surface area contributed by atoms with Crippen LogP contribution in [0.1, 0.15) is 11.7 Å². The first-order chi connectivity index (χ1) is 11.8. The summed E-state index contributed by atoms with van der Waals surface area (Å²) < 4.78 is 15.0. The molecule has 1 saturated heterocycles. The molecule has 0 aliphatic carbocycles. The number of methoxy groups -OCH3 is 1. The van der Waals surface area contributed by atoms with Crippen molar-refractivity contribution in [1.29, 1.82) is 0 Å². The summed E-state index contributed by atoms with van der Waals surface area (Å²) in [6, 6.07) is 4.10. The topological polar surface area (TPSA) is 166 Å². The van der Waals surface area contributed by atoms with Gasteiger partial charge in [0.25, 0.3) is 0 Å². The maximum atomic E-state index is 11.0. The average Bonchev–Trinajstić information content (AvgIpc) is 2.59. The van der Waals surface area contributed by atoms with Gasteiger partial charge in [-0.25, -0.2) is 4.79 Å². The molecule has 0 aromatic heterocycles. The Morgan fingerprint density at radius 2 is 1.92 bits per heavy atom. The number of carbonyl (C=O) groups is 1. The Bertz CT molecular complexity index is 606. The summed E-state index contributed by atoms with van der Waals surface area (Å²) in [6.45, 7) is -0.412. The fraction of sp³-hybridized carbons (Fsp3) is 0.533. The zero-order valence-electron chi connectivity index (χ0n) is 13.2. The number of carboxylic acid groups (broad SMARTS) is 1. The van der Waals surface area contributed by atoms with Gasteiger partial charge in [0.05, 0.1) is 13.7 Å². The largest absolute Gasteiger partial charge is 0.504 e. The molecule has 1 aromatic carbocycles. The van der Waals surface area contributed by atoms with Gasteiger partial charge >= 0.3 is 5.97 Å². The predicted molar refractivity (Wildman–Crippen MR) is 79.9 cm³/mol. The van der Waals surface area contributed by atoms with E-state index in [-0.39, 0.29) is 11.5 Å². The van der Waals surface area contributed by atoms with Crippen LogP contribution in [0.3, 0.4) is 0 Å². The van der Waals surface area contributed by atoms with Crippen molar-refractivity contribution < 1.29 is 49.6 Å². The van der Waals surface area contributed by atoms with Gasteiger partial charge in [0, 0.05) is 0 Å². The molecule has 6 atom stereocenters. The summed E-state index contributed by atoms with van der Waals surface area (Å²) in [4.78, 5) is 11.0. The Balaban J connectivity index is 2.02. The highest BCUT2D eigenvalue weighted by Crippen LogP contribution is 2.30. The molecule has 1 fully saturated rings. The van der Waals surface area contributed by atoms with Crippen LogP contribution in [-0.2, 0) is 14.3 Å².